The predicted molar refractivity (Wildman–Crippen MR) is 106 cm³/mol. The van der Waals surface area contributed by atoms with Gasteiger partial charge in [0.05, 0.1) is 23.6 Å². The van der Waals surface area contributed by atoms with Crippen molar-refractivity contribution >= 4 is 29.1 Å². The third kappa shape index (κ3) is 5.23. The van der Waals surface area contributed by atoms with Gasteiger partial charge in [0.2, 0.25) is 11.8 Å². The molecule has 0 heterocycles. The van der Waals surface area contributed by atoms with Gasteiger partial charge in [0.15, 0.2) is 0 Å². The lowest BCUT2D eigenvalue weighted by Crippen LogP contribution is -2.27. The van der Waals surface area contributed by atoms with E-state index in [4.69, 9.17) is 16.3 Å². The fourth-order valence-electron chi connectivity index (χ4n) is 2.85. The van der Waals surface area contributed by atoms with Crippen LogP contribution in [0.25, 0.3) is 0 Å². The van der Waals surface area contributed by atoms with E-state index < -0.39 is 0 Å². The Kier molecular flexibility index (Phi) is 6.01. The smallest absolute Gasteiger partial charge is 0.228 e. The molecule has 2 amide bonds. The monoisotopic (exact) mass is 386 g/mol. The molecule has 1 aliphatic rings. The molecule has 0 saturated heterocycles. The average Bonchev–Trinajstić information content (AvgIpc) is 3.43. The number of ether oxygens (including phenoxy) is 1. The van der Waals surface area contributed by atoms with Crippen LogP contribution in [0.3, 0.4) is 0 Å². The first-order chi connectivity index (χ1) is 12.9. The van der Waals surface area contributed by atoms with Gasteiger partial charge in [-0.1, -0.05) is 35.9 Å². The van der Waals surface area contributed by atoms with Crippen molar-refractivity contribution in [3.05, 3.63) is 59.1 Å². The van der Waals surface area contributed by atoms with Gasteiger partial charge in [-0.2, -0.15) is 0 Å². The summed E-state index contributed by atoms with van der Waals surface area (Å²) in [6.07, 6.45) is 0.571. The average molecular weight is 387 g/mol. The summed E-state index contributed by atoms with van der Waals surface area (Å²) in [4.78, 5) is 24.8. The lowest BCUT2D eigenvalue weighted by atomic mass is 10.2. The molecule has 2 N–H and O–H groups in total. The molecule has 2 aromatic carbocycles. The van der Waals surface area contributed by atoms with Crippen LogP contribution < -0.4 is 15.4 Å². The van der Waals surface area contributed by atoms with Crippen molar-refractivity contribution in [2.24, 2.45) is 11.8 Å². The van der Waals surface area contributed by atoms with Gasteiger partial charge in [-0.3, -0.25) is 9.59 Å². The number of nitrogens with one attached hydrogen (secondary N) is 2. The Bertz CT molecular complexity index is 820. The van der Waals surface area contributed by atoms with Gasteiger partial charge in [-0.15, -0.1) is 0 Å². The number of para-hydroxylation sites is 2. The summed E-state index contributed by atoms with van der Waals surface area (Å²) in [5.74, 6) is -0.207. The number of carbonyl (C=O) groups is 2. The predicted octanol–water partition coefficient (Wildman–Crippen LogP) is 4.02. The van der Waals surface area contributed by atoms with Crippen molar-refractivity contribution in [3.63, 3.8) is 0 Å². The highest BCUT2D eigenvalue weighted by Crippen LogP contribution is 2.40. The molecule has 3 rings (SSSR count). The van der Waals surface area contributed by atoms with Crippen molar-refractivity contribution in [1.29, 1.82) is 0 Å². The molecule has 2 atom stereocenters. The Labute approximate surface area is 164 Å². The van der Waals surface area contributed by atoms with E-state index in [0.29, 0.717) is 29.4 Å². The first-order valence-corrected chi connectivity index (χ1v) is 9.40. The van der Waals surface area contributed by atoms with Crippen LogP contribution in [0.4, 0.5) is 5.69 Å². The molecule has 142 valence electrons. The highest BCUT2D eigenvalue weighted by atomic mass is 35.5. The molecule has 6 heteroatoms. The van der Waals surface area contributed by atoms with E-state index in [1.165, 1.54) is 0 Å². The Balaban J connectivity index is 1.51. The van der Waals surface area contributed by atoms with Gasteiger partial charge >= 0.3 is 0 Å². The minimum absolute atomic E-state index is 0.00960. The van der Waals surface area contributed by atoms with Gasteiger partial charge in [0, 0.05) is 11.6 Å². The quantitative estimate of drug-likeness (QED) is 0.755. The molecule has 0 radical (unpaired) electrons. The topological polar surface area (TPSA) is 67.4 Å². The molecule has 1 saturated carbocycles. The second kappa shape index (κ2) is 8.44. The number of halogens is 1. The van der Waals surface area contributed by atoms with Crippen molar-refractivity contribution in [2.45, 2.75) is 32.9 Å². The largest absolute Gasteiger partial charge is 0.489 e. The number of benzene rings is 2. The van der Waals surface area contributed by atoms with Crippen LogP contribution in [-0.2, 0) is 16.1 Å². The number of hydrogen-bond donors (Lipinski definition) is 2. The van der Waals surface area contributed by atoms with Crippen LogP contribution >= 0.6 is 11.6 Å². The zero-order valence-electron chi connectivity index (χ0n) is 15.4. The summed E-state index contributed by atoms with van der Waals surface area (Å²) in [6.45, 7) is 4.28. The minimum Gasteiger partial charge on any atom is -0.489 e. The van der Waals surface area contributed by atoms with Gasteiger partial charge in [0.25, 0.3) is 0 Å². The standard InChI is InChI=1S/C21H23ClN2O3/c1-13(2)27-19-6-4-3-5-18(19)24-21(26)17-11-16(17)20(25)23-12-14-7-9-15(22)10-8-14/h3-10,13,16-17H,11-12H2,1-2H3,(H,23,25)(H,24,26). The van der Waals surface area contributed by atoms with Crippen molar-refractivity contribution in [1.82, 2.24) is 5.32 Å². The molecule has 27 heavy (non-hydrogen) atoms. The van der Waals surface area contributed by atoms with Crippen LogP contribution in [0.2, 0.25) is 5.02 Å². The SMILES string of the molecule is CC(C)Oc1ccccc1NC(=O)C1CC1C(=O)NCc1ccc(Cl)cc1. The number of anilines is 1. The van der Waals surface area contributed by atoms with Crippen LogP contribution in [0, 0.1) is 11.8 Å². The molecule has 1 aliphatic carbocycles. The van der Waals surface area contributed by atoms with Crippen molar-refractivity contribution in [3.8, 4) is 5.75 Å². The third-order valence-corrected chi connectivity index (χ3v) is 4.60. The third-order valence-electron chi connectivity index (χ3n) is 4.35. The molecule has 1 fully saturated rings. The van der Waals surface area contributed by atoms with Crippen LogP contribution in [0.15, 0.2) is 48.5 Å². The fraction of sp³-hybridized carbons (Fsp3) is 0.333. The van der Waals surface area contributed by atoms with Crippen molar-refractivity contribution in [2.75, 3.05) is 5.32 Å². The number of amides is 2. The highest BCUT2D eigenvalue weighted by molar-refractivity contribution is 6.30. The summed E-state index contributed by atoms with van der Waals surface area (Å²) in [5, 5.41) is 6.42. The maximum absolute atomic E-state index is 12.5. The van der Waals surface area contributed by atoms with E-state index in [1.807, 2.05) is 44.2 Å². The number of rotatable bonds is 7. The molecule has 0 aromatic heterocycles. The van der Waals surface area contributed by atoms with Gasteiger partial charge in [-0.05, 0) is 50.1 Å². The van der Waals surface area contributed by atoms with E-state index in [-0.39, 0.29) is 29.8 Å². The first kappa shape index (κ1) is 19.2. The Morgan fingerprint density at radius 1 is 1.07 bits per heavy atom. The minimum atomic E-state index is -0.303. The molecule has 0 bridgehead atoms. The zero-order valence-corrected chi connectivity index (χ0v) is 16.1. The summed E-state index contributed by atoms with van der Waals surface area (Å²) in [5.41, 5.74) is 1.59. The van der Waals surface area contributed by atoms with Gasteiger partial charge in [0.1, 0.15) is 5.75 Å². The fourth-order valence-corrected chi connectivity index (χ4v) is 2.98. The van der Waals surface area contributed by atoms with Crippen LogP contribution in [0.5, 0.6) is 5.75 Å². The molecule has 0 spiro atoms. The Morgan fingerprint density at radius 2 is 1.74 bits per heavy atom. The first-order valence-electron chi connectivity index (χ1n) is 9.02. The molecule has 2 unspecified atom stereocenters. The maximum atomic E-state index is 12.5. The lowest BCUT2D eigenvalue weighted by molar-refractivity contribution is -0.125. The number of hydrogen-bond acceptors (Lipinski definition) is 3. The second-order valence-electron chi connectivity index (χ2n) is 6.94. The zero-order chi connectivity index (χ0) is 19.4. The molecular weight excluding hydrogens is 364 g/mol. The highest BCUT2D eigenvalue weighted by Gasteiger charge is 2.48. The van der Waals surface area contributed by atoms with E-state index in [0.717, 1.165) is 5.56 Å². The van der Waals surface area contributed by atoms with E-state index in [9.17, 15) is 9.59 Å². The molecule has 2 aromatic rings. The Hall–Kier alpha value is -2.53. The molecule has 0 aliphatic heterocycles. The summed E-state index contributed by atoms with van der Waals surface area (Å²) in [7, 11) is 0. The normalized spacial score (nSPS) is 18.1. The second-order valence-corrected chi connectivity index (χ2v) is 7.38. The van der Waals surface area contributed by atoms with E-state index >= 15 is 0 Å². The van der Waals surface area contributed by atoms with Gasteiger partial charge < -0.3 is 15.4 Å². The number of carbonyl (C=O) groups excluding carboxylic acids is 2. The summed E-state index contributed by atoms with van der Waals surface area (Å²) >= 11 is 5.85. The summed E-state index contributed by atoms with van der Waals surface area (Å²) < 4.78 is 5.71. The summed E-state index contributed by atoms with van der Waals surface area (Å²) in [6, 6.07) is 14.6. The van der Waals surface area contributed by atoms with Crippen LogP contribution in [-0.4, -0.2) is 17.9 Å². The maximum Gasteiger partial charge on any atom is 0.228 e. The molecule has 5 nitrogen and oxygen atoms in total. The van der Waals surface area contributed by atoms with Crippen molar-refractivity contribution < 1.29 is 14.3 Å². The molecular formula is C21H23ClN2O3. The Morgan fingerprint density at radius 3 is 2.44 bits per heavy atom. The van der Waals surface area contributed by atoms with E-state index in [2.05, 4.69) is 10.6 Å². The van der Waals surface area contributed by atoms with Gasteiger partial charge in [-0.25, -0.2) is 0 Å². The van der Waals surface area contributed by atoms with Crippen LogP contribution in [0.1, 0.15) is 25.8 Å². The van der Waals surface area contributed by atoms with E-state index in [1.54, 1.807) is 18.2 Å². The lowest BCUT2D eigenvalue weighted by Gasteiger charge is -2.14.